The molecule has 0 unspecified atom stereocenters. The SMILES string of the molecule is CCN(CCOCc1ccccc1)C1CNC1. The standard InChI is InChI=1S/C14H22N2O/c1-2-16(14-10-15-11-14)8-9-17-12-13-6-4-3-5-7-13/h3-7,14-15H,2,8-12H2,1H3. The van der Waals surface area contributed by atoms with Crippen molar-refractivity contribution in [2.45, 2.75) is 19.6 Å². The largest absolute Gasteiger partial charge is 0.375 e. The lowest BCUT2D eigenvalue weighted by Crippen LogP contribution is -2.57. The Morgan fingerprint density at radius 2 is 2.06 bits per heavy atom. The Morgan fingerprint density at radius 1 is 1.29 bits per heavy atom. The third-order valence-corrected chi connectivity index (χ3v) is 3.32. The predicted octanol–water partition coefficient (Wildman–Crippen LogP) is 1.50. The zero-order valence-electron chi connectivity index (χ0n) is 10.6. The molecule has 94 valence electrons. The van der Waals surface area contributed by atoms with Crippen LogP contribution in [0.2, 0.25) is 0 Å². The van der Waals surface area contributed by atoms with Crippen molar-refractivity contribution in [2.24, 2.45) is 0 Å². The summed E-state index contributed by atoms with van der Waals surface area (Å²) in [6.07, 6.45) is 0. The highest BCUT2D eigenvalue weighted by molar-refractivity contribution is 5.13. The van der Waals surface area contributed by atoms with Gasteiger partial charge in [0.25, 0.3) is 0 Å². The van der Waals surface area contributed by atoms with E-state index in [0.717, 1.165) is 45.4 Å². The lowest BCUT2D eigenvalue weighted by Gasteiger charge is -2.37. The second-order valence-corrected chi connectivity index (χ2v) is 4.48. The molecule has 1 aromatic carbocycles. The van der Waals surface area contributed by atoms with Crippen LogP contribution in [0.4, 0.5) is 0 Å². The molecule has 0 radical (unpaired) electrons. The van der Waals surface area contributed by atoms with Crippen LogP contribution in [0.3, 0.4) is 0 Å². The molecule has 1 aromatic rings. The fourth-order valence-electron chi connectivity index (χ4n) is 2.08. The van der Waals surface area contributed by atoms with E-state index in [9.17, 15) is 0 Å². The summed E-state index contributed by atoms with van der Waals surface area (Å²) in [6.45, 7) is 8.17. The van der Waals surface area contributed by atoms with E-state index < -0.39 is 0 Å². The maximum Gasteiger partial charge on any atom is 0.0717 e. The molecular weight excluding hydrogens is 212 g/mol. The van der Waals surface area contributed by atoms with E-state index in [0.29, 0.717) is 0 Å². The Kier molecular flexibility index (Phi) is 4.98. The van der Waals surface area contributed by atoms with Gasteiger partial charge in [0, 0.05) is 25.7 Å². The Morgan fingerprint density at radius 3 is 2.65 bits per heavy atom. The lowest BCUT2D eigenvalue weighted by atomic mass is 10.1. The molecule has 1 heterocycles. The van der Waals surface area contributed by atoms with Crippen LogP contribution in [0.25, 0.3) is 0 Å². The zero-order valence-corrected chi connectivity index (χ0v) is 10.6. The molecule has 0 spiro atoms. The molecule has 1 fully saturated rings. The first-order valence-electron chi connectivity index (χ1n) is 6.46. The molecule has 0 amide bonds. The van der Waals surface area contributed by atoms with Crippen LogP contribution in [0.15, 0.2) is 30.3 Å². The minimum absolute atomic E-state index is 0.723. The van der Waals surface area contributed by atoms with E-state index in [2.05, 4.69) is 41.4 Å². The monoisotopic (exact) mass is 234 g/mol. The molecule has 0 bridgehead atoms. The fourth-order valence-corrected chi connectivity index (χ4v) is 2.08. The van der Waals surface area contributed by atoms with Crippen LogP contribution in [-0.2, 0) is 11.3 Å². The Hall–Kier alpha value is -0.900. The summed E-state index contributed by atoms with van der Waals surface area (Å²) < 4.78 is 5.71. The van der Waals surface area contributed by atoms with Gasteiger partial charge in [0.05, 0.1) is 13.2 Å². The van der Waals surface area contributed by atoms with Gasteiger partial charge in [0.1, 0.15) is 0 Å². The van der Waals surface area contributed by atoms with Crippen LogP contribution < -0.4 is 5.32 Å². The van der Waals surface area contributed by atoms with Crippen molar-refractivity contribution in [3.05, 3.63) is 35.9 Å². The topological polar surface area (TPSA) is 24.5 Å². The maximum atomic E-state index is 5.71. The number of hydrogen-bond donors (Lipinski definition) is 1. The highest BCUT2D eigenvalue weighted by Crippen LogP contribution is 2.05. The van der Waals surface area contributed by atoms with Crippen molar-refractivity contribution in [1.82, 2.24) is 10.2 Å². The number of likely N-dealkylation sites (N-methyl/N-ethyl adjacent to an activating group) is 1. The molecule has 0 atom stereocenters. The highest BCUT2D eigenvalue weighted by atomic mass is 16.5. The quantitative estimate of drug-likeness (QED) is 0.724. The first-order chi connectivity index (χ1) is 8.40. The minimum Gasteiger partial charge on any atom is -0.375 e. The number of nitrogens with one attached hydrogen (secondary N) is 1. The number of benzene rings is 1. The van der Waals surface area contributed by atoms with E-state index in [4.69, 9.17) is 4.74 Å². The van der Waals surface area contributed by atoms with Gasteiger partial charge in [-0.2, -0.15) is 0 Å². The molecule has 1 aliphatic heterocycles. The van der Waals surface area contributed by atoms with Gasteiger partial charge in [0.15, 0.2) is 0 Å². The van der Waals surface area contributed by atoms with Gasteiger partial charge in [0.2, 0.25) is 0 Å². The number of hydrogen-bond acceptors (Lipinski definition) is 3. The van der Waals surface area contributed by atoms with Gasteiger partial charge >= 0.3 is 0 Å². The number of rotatable bonds is 7. The average Bonchev–Trinajstić information content (AvgIpc) is 2.32. The lowest BCUT2D eigenvalue weighted by molar-refractivity contribution is 0.0674. The molecule has 0 aliphatic carbocycles. The number of nitrogens with zero attached hydrogens (tertiary/aromatic N) is 1. The molecular formula is C14H22N2O. The summed E-state index contributed by atoms with van der Waals surface area (Å²) in [5, 5.41) is 3.31. The van der Waals surface area contributed by atoms with Crippen molar-refractivity contribution in [3.63, 3.8) is 0 Å². The first-order valence-corrected chi connectivity index (χ1v) is 6.46. The molecule has 3 nitrogen and oxygen atoms in total. The van der Waals surface area contributed by atoms with Crippen LogP contribution in [0.5, 0.6) is 0 Å². The molecule has 1 saturated heterocycles. The summed E-state index contributed by atoms with van der Waals surface area (Å²) in [5.41, 5.74) is 1.25. The maximum absolute atomic E-state index is 5.71. The second kappa shape index (κ2) is 6.74. The molecule has 17 heavy (non-hydrogen) atoms. The van der Waals surface area contributed by atoms with Gasteiger partial charge in [-0.15, -0.1) is 0 Å². The predicted molar refractivity (Wildman–Crippen MR) is 70.0 cm³/mol. The van der Waals surface area contributed by atoms with Gasteiger partial charge in [-0.05, 0) is 12.1 Å². The van der Waals surface area contributed by atoms with Gasteiger partial charge in [-0.1, -0.05) is 37.3 Å². The van der Waals surface area contributed by atoms with E-state index >= 15 is 0 Å². The Labute approximate surface area is 104 Å². The first kappa shape index (κ1) is 12.6. The summed E-state index contributed by atoms with van der Waals surface area (Å²) in [5.74, 6) is 0. The molecule has 1 aliphatic rings. The molecule has 0 saturated carbocycles. The van der Waals surface area contributed by atoms with E-state index in [1.54, 1.807) is 0 Å². The third-order valence-electron chi connectivity index (χ3n) is 3.32. The van der Waals surface area contributed by atoms with Gasteiger partial charge < -0.3 is 10.1 Å². The molecule has 0 aromatic heterocycles. The van der Waals surface area contributed by atoms with E-state index in [1.165, 1.54) is 5.56 Å². The van der Waals surface area contributed by atoms with Crippen molar-refractivity contribution in [2.75, 3.05) is 32.8 Å². The summed E-state index contributed by atoms with van der Waals surface area (Å²) in [7, 11) is 0. The molecule has 1 N–H and O–H groups in total. The normalized spacial score (nSPS) is 16.1. The highest BCUT2D eigenvalue weighted by Gasteiger charge is 2.22. The summed E-state index contributed by atoms with van der Waals surface area (Å²) in [4.78, 5) is 2.49. The third kappa shape index (κ3) is 3.80. The minimum atomic E-state index is 0.723. The fraction of sp³-hybridized carbons (Fsp3) is 0.571. The Bertz CT molecular complexity index is 311. The van der Waals surface area contributed by atoms with Crippen molar-refractivity contribution in [3.8, 4) is 0 Å². The average molecular weight is 234 g/mol. The summed E-state index contributed by atoms with van der Waals surface area (Å²) >= 11 is 0. The van der Waals surface area contributed by atoms with Gasteiger partial charge in [-0.25, -0.2) is 0 Å². The van der Waals surface area contributed by atoms with Crippen molar-refractivity contribution in [1.29, 1.82) is 0 Å². The second-order valence-electron chi connectivity index (χ2n) is 4.48. The smallest absolute Gasteiger partial charge is 0.0717 e. The van der Waals surface area contributed by atoms with Crippen LogP contribution in [-0.4, -0.2) is 43.7 Å². The van der Waals surface area contributed by atoms with Crippen LogP contribution >= 0.6 is 0 Å². The van der Waals surface area contributed by atoms with Gasteiger partial charge in [-0.3, -0.25) is 4.90 Å². The molecule has 2 rings (SSSR count). The molecule has 3 heteroatoms. The number of ether oxygens (including phenoxy) is 1. The van der Waals surface area contributed by atoms with E-state index in [1.807, 2.05) is 6.07 Å². The summed E-state index contributed by atoms with van der Waals surface area (Å²) in [6, 6.07) is 11.1. The van der Waals surface area contributed by atoms with Crippen molar-refractivity contribution < 1.29 is 4.74 Å². The zero-order chi connectivity index (χ0) is 11.9. The van der Waals surface area contributed by atoms with Crippen molar-refractivity contribution >= 4 is 0 Å². The Balaban J connectivity index is 1.62. The van der Waals surface area contributed by atoms with Crippen LogP contribution in [0, 0.1) is 0 Å². The van der Waals surface area contributed by atoms with Crippen LogP contribution in [0.1, 0.15) is 12.5 Å². The van der Waals surface area contributed by atoms with E-state index in [-0.39, 0.29) is 0 Å².